The van der Waals surface area contributed by atoms with E-state index in [1.165, 1.54) is 24.4 Å². The van der Waals surface area contributed by atoms with Crippen molar-refractivity contribution in [3.63, 3.8) is 0 Å². The average Bonchev–Trinajstić information content (AvgIpc) is 2.72. The van der Waals surface area contributed by atoms with Crippen molar-refractivity contribution >= 4 is 11.0 Å². The number of nitrogens with zero attached hydrogens (tertiary/aromatic N) is 3. The van der Waals surface area contributed by atoms with E-state index >= 15 is 0 Å². The van der Waals surface area contributed by atoms with Crippen LogP contribution in [0.25, 0.3) is 33.3 Å². The first-order chi connectivity index (χ1) is 13.9. The van der Waals surface area contributed by atoms with Gasteiger partial charge >= 0.3 is 6.18 Å². The number of rotatable bonds is 2. The summed E-state index contributed by atoms with van der Waals surface area (Å²) in [6.07, 6.45) is -3.22. The summed E-state index contributed by atoms with van der Waals surface area (Å²) >= 11 is 0. The van der Waals surface area contributed by atoms with Crippen LogP contribution in [0.2, 0.25) is 0 Å². The van der Waals surface area contributed by atoms with Gasteiger partial charge in [0.25, 0.3) is 0 Å². The zero-order chi connectivity index (χ0) is 20.6. The molecule has 0 bridgehead atoms. The normalized spacial score (nSPS) is 11.4. The Balaban J connectivity index is 1.90. The molecule has 0 atom stereocenters. The number of pyridine rings is 2. The molecule has 0 radical (unpaired) electrons. The largest absolute Gasteiger partial charge is 0.433 e. The highest BCUT2D eigenvalue weighted by molar-refractivity contribution is 5.93. The molecule has 29 heavy (non-hydrogen) atoms. The van der Waals surface area contributed by atoms with E-state index < -0.39 is 17.7 Å². The number of aromatic nitrogens is 2. The highest BCUT2D eigenvalue weighted by Gasteiger charge is 2.32. The fourth-order valence-corrected chi connectivity index (χ4v) is 3.15. The third kappa shape index (κ3) is 3.41. The summed E-state index contributed by atoms with van der Waals surface area (Å²) in [6, 6.07) is 16.8. The van der Waals surface area contributed by atoms with Crippen LogP contribution in [0.15, 0.2) is 66.9 Å². The maximum atomic E-state index is 14.5. The number of benzene rings is 2. The molecular weight excluding hydrogens is 382 g/mol. The van der Waals surface area contributed by atoms with Crippen LogP contribution < -0.4 is 0 Å². The summed E-state index contributed by atoms with van der Waals surface area (Å²) < 4.78 is 53.3. The van der Waals surface area contributed by atoms with Crippen LogP contribution in [0, 0.1) is 17.1 Å². The fourth-order valence-electron chi connectivity index (χ4n) is 3.15. The van der Waals surface area contributed by atoms with Gasteiger partial charge in [-0.2, -0.15) is 18.4 Å². The number of hydrogen-bond donors (Lipinski definition) is 0. The van der Waals surface area contributed by atoms with E-state index in [1.54, 1.807) is 36.4 Å². The van der Waals surface area contributed by atoms with Crippen molar-refractivity contribution in [3.05, 3.63) is 83.9 Å². The SMILES string of the molecule is N#Cc1ccccc1-c1cc(-c2ccnc3nc(C(F)(F)F)ccc23)ccc1F. The van der Waals surface area contributed by atoms with Crippen molar-refractivity contribution in [1.29, 1.82) is 5.26 Å². The van der Waals surface area contributed by atoms with Crippen LogP contribution in [-0.2, 0) is 6.18 Å². The van der Waals surface area contributed by atoms with Crippen molar-refractivity contribution in [1.82, 2.24) is 9.97 Å². The van der Waals surface area contributed by atoms with Gasteiger partial charge in [-0.05, 0) is 47.5 Å². The Kier molecular flexibility index (Phi) is 4.47. The molecule has 0 aliphatic rings. The zero-order valence-electron chi connectivity index (χ0n) is 14.7. The van der Waals surface area contributed by atoms with Gasteiger partial charge in [0.15, 0.2) is 5.65 Å². The van der Waals surface area contributed by atoms with Gasteiger partial charge in [0.05, 0.1) is 11.6 Å². The predicted molar refractivity (Wildman–Crippen MR) is 100 cm³/mol. The van der Waals surface area contributed by atoms with Crippen LogP contribution in [0.3, 0.4) is 0 Å². The van der Waals surface area contributed by atoms with E-state index in [2.05, 4.69) is 9.97 Å². The Labute approximate surface area is 162 Å². The monoisotopic (exact) mass is 393 g/mol. The van der Waals surface area contributed by atoms with Gasteiger partial charge in [0, 0.05) is 22.7 Å². The molecule has 0 N–H and O–H groups in total. The number of nitriles is 1. The Morgan fingerprint density at radius 2 is 1.66 bits per heavy atom. The minimum atomic E-state index is -4.57. The average molecular weight is 393 g/mol. The minimum absolute atomic E-state index is 0.0550. The predicted octanol–water partition coefficient (Wildman–Crippen LogP) is 5.99. The topological polar surface area (TPSA) is 49.6 Å². The van der Waals surface area contributed by atoms with E-state index in [-0.39, 0.29) is 11.2 Å². The second-order valence-electron chi connectivity index (χ2n) is 6.28. The summed E-state index contributed by atoms with van der Waals surface area (Å²) in [5.41, 5.74) is 1.03. The second kappa shape index (κ2) is 6.99. The van der Waals surface area contributed by atoms with Crippen LogP contribution in [0.5, 0.6) is 0 Å². The first-order valence-corrected chi connectivity index (χ1v) is 8.51. The number of hydrogen-bond acceptors (Lipinski definition) is 3. The van der Waals surface area contributed by atoms with E-state index in [1.807, 2.05) is 6.07 Å². The molecule has 0 aliphatic carbocycles. The van der Waals surface area contributed by atoms with Gasteiger partial charge in [0.2, 0.25) is 0 Å². The lowest BCUT2D eigenvalue weighted by Crippen LogP contribution is -2.08. The van der Waals surface area contributed by atoms with Gasteiger partial charge in [0.1, 0.15) is 11.5 Å². The molecule has 2 aromatic heterocycles. The lowest BCUT2D eigenvalue weighted by atomic mass is 9.95. The Hall–Kier alpha value is -3.79. The van der Waals surface area contributed by atoms with Crippen molar-refractivity contribution in [2.45, 2.75) is 6.18 Å². The molecule has 4 aromatic rings. The molecule has 7 heteroatoms. The van der Waals surface area contributed by atoms with E-state index in [4.69, 9.17) is 0 Å². The van der Waals surface area contributed by atoms with Gasteiger partial charge in [-0.3, -0.25) is 0 Å². The number of halogens is 4. The third-order valence-corrected chi connectivity index (χ3v) is 4.51. The van der Waals surface area contributed by atoms with Gasteiger partial charge in [-0.1, -0.05) is 24.3 Å². The number of alkyl halides is 3. The standard InChI is InChI=1S/C22H11F4N3/c23-19-7-5-13(11-18(19)15-4-2-1-3-14(15)12-27)16-9-10-28-21-17(16)6-8-20(29-21)22(24,25)26/h1-11H. The molecule has 2 aromatic carbocycles. The molecule has 0 unspecified atom stereocenters. The summed E-state index contributed by atoms with van der Waals surface area (Å²) in [4.78, 5) is 7.54. The van der Waals surface area contributed by atoms with E-state index in [0.717, 1.165) is 6.07 Å². The lowest BCUT2D eigenvalue weighted by Gasteiger charge is -2.11. The molecule has 4 rings (SSSR count). The minimum Gasteiger partial charge on any atom is -0.237 e. The highest BCUT2D eigenvalue weighted by atomic mass is 19.4. The fraction of sp³-hybridized carbons (Fsp3) is 0.0455. The summed E-state index contributed by atoms with van der Waals surface area (Å²) in [6.45, 7) is 0. The highest BCUT2D eigenvalue weighted by Crippen LogP contribution is 2.35. The molecule has 3 nitrogen and oxygen atoms in total. The molecule has 0 saturated carbocycles. The van der Waals surface area contributed by atoms with Crippen molar-refractivity contribution in [2.75, 3.05) is 0 Å². The van der Waals surface area contributed by atoms with Crippen molar-refractivity contribution in [2.24, 2.45) is 0 Å². The van der Waals surface area contributed by atoms with Gasteiger partial charge in [-0.25, -0.2) is 14.4 Å². The zero-order valence-corrected chi connectivity index (χ0v) is 14.7. The molecular formula is C22H11F4N3. The molecule has 0 saturated heterocycles. The molecule has 0 fully saturated rings. The smallest absolute Gasteiger partial charge is 0.237 e. The quantitative estimate of drug-likeness (QED) is 0.393. The molecule has 0 amide bonds. The van der Waals surface area contributed by atoms with Crippen LogP contribution >= 0.6 is 0 Å². The first-order valence-electron chi connectivity index (χ1n) is 8.51. The molecule has 142 valence electrons. The maximum Gasteiger partial charge on any atom is 0.433 e. The summed E-state index contributed by atoms with van der Waals surface area (Å²) in [7, 11) is 0. The summed E-state index contributed by atoms with van der Waals surface area (Å²) in [5, 5.41) is 9.72. The molecule has 0 spiro atoms. The lowest BCUT2D eigenvalue weighted by molar-refractivity contribution is -0.141. The van der Waals surface area contributed by atoms with Crippen LogP contribution in [-0.4, -0.2) is 9.97 Å². The Morgan fingerprint density at radius 1 is 0.862 bits per heavy atom. The van der Waals surface area contributed by atoms with Crippen LogP contribution in [0.4, 0.5) is 17.6 Å². The third-order valence-electron chi connectivity index (χ3n) is 4.51. The summed E-state index contributed by atoms with van der Waals surface area (Å²) in [5.74, 6) is -0.507. The maximum absolute atomic E-state index is 14.5. The molecule has 0 aliphatic heterocycles. The number of fused-ring (bicyclic) bond motifs is 1. The van der Waals surface area contributed by atoms with Gasteiger partial charge in [-0.15, -0.1) is 0 Å². The first kappa shape index (κ1) is 18.6. The second-order valence-corrected chi connectivity index (χ2v) is 6.28. The van der Waals surface area contributed by atoms with Crippen molar-refractivity contribution < 1.29 is 17.6 Å². The van der Waals surface area contributed by atoms with E-state index in [9.17, 15) is 22.8 Å². The van der Waals surface area contributed by atoms with Crippen LogP contribution in [0.1, 0.15) is 11.3 Å². The van der Waals surface area contributed by atoms with Crippen molar-refractivity contribution in [3.8, 4) is 28.3 Å². The Bertz CT molecular complexity index is 1270. The molecule has 2 heterocycles. The van der Waals surface area contributed by atoms with Gasteiger partial charge < -0.3 is 0 Å². The van der Waals surface area contributed by atoms with E-state index in [0.29, 0.717) is 27.6 Å². The Morgan fingerprint density at radius 3 is 2.41 bits per heavy atom.